The maximum absolute atomic E-state index is 14.0. The van der Waals surface area contributed by atoms with Crippen LogP contribution in [0.2, 0.25) is 0 Å². The number of carbonyl (C=O) groups excluding carboxylic acids is 1. The summed E-state index contributed by atoms with van der Waals surface area (Å²) in [6.45, 7) is 13.5. The number of carbonyl (C=O) groups is 1. The number of para-hydroxylation sites is 2. The van der Waals surface area contributed by atoms with E-state index in [-0.39, 0.29) is 5.91 Å². The van der Waals surface area contributed by atoms with Gasteiger partial charge in [-0.25, -0.2) is 0 Å². The molecular weight excluding hydrogens is 522 g/mol. The average molecular weight is 566 g/mol. The van der Waals surface area contributed by atoms with Crippen LogP contribution < -0.4 is 15.0 Å². The lowest BCUT2D eigenvalue weighted by Crippen LogP contribution is -2.49. The third-order valence-electron chi connectivity index (χ3n) is 8.73. The van der Waals surface area contributed by atoms with Crippen molar-refractivity contribution in [2.75, 3.05) is 56.1 Å². The van der Waals surface area contributed by atoms with Crippen LogP contribution in [0, 0.1) is 0 Å². The zero-order valence-corrected chi connectivity index (χ0v) is 25.1. The van der Waals surface area contributed by atoms with E-state index in [1.165, 1.54) is 0 Å². The van der Waals surface area contributed by atoms with Crippen molar-refractivity contribution in [3.8, 4) is 16.9 Å². The number of nitrogens with zero attached hydrogens (tertiary/aromatic N) is 3. The topological polar surface area (TPSA) is 63.8 Å². The molecule has 0 saturated carbocycles. The van der Waals surface area contributed by atoms with Crippen molar-refractivity contribution in [3.05, 3.63) is 78.5 Å². The number of hydrogen-bond donors (Lipinski definition) is 2. The lowest BCUT2D eigenvalue weighted by Gasteiger charge is -2.36. The van der Waals surface area contributed by atoms with Gasteiger partial charge in [-0.2, -0.15) is 0 Å². The average Bonchev–Trinajstić information content (AvgIpc) is 3.41. The van der Waals surface area contributed by atoms with E-state index >= 15 is 0 Å². The molecule has 1 aromatic heterocycles. The monoisotopic (exact) mass is 565 g/mol. The number of nitrogens with one attached hydrogen (secondary N) is 2. The molecule has 1 atom stereocenters. The molecule has 220 valence electrons. The predicted octanol–water partition coefficient (Wildman–Crippen LogP) is 6.48. The zero-order chi connectivity index (χ0) is 29.1. The third-order valence-corrected chi connectivity index (χ3v) is 8.73. The molecule has 0 radical (unpaired) electrons. The highest BCUT2D eigenvalue weighted by Crippen LogP contribution is 2.35. The highest BCUT2D eigenvalue weighted by Gasteiger charge is 2.25. The normalized spacial score (nSPS) is 18.1. The van der Waals surface area contributed by atoms with Gasteiger partial charge in [0, 0.05) is 74.2 Å². The fourth-order valence-electron chi connectivity index (χ4n) is 6.19. The molecule has 0 aliphatic carbocycles. The zero-order valence-electron chi connectivity index (χ0n) is 25.1. The lowest BCUT2D eigenvalue weighted by molar-refractivity contribution is 0.0986. The molecule has 1 amide bonds. The third kappa shape index (κ3) is 6.18. The molecule has 2 aliphatic heterocycles. The molecule has 0 spiro atoms. The summed E-state index contributed by atoms with van der Waals surface area (Å²) in [5.41, 5.74) is 5.76. The summed E-state index contributed by atoms with van der Waals surface area (Å²) in [6.07, 6.45) is 3.78. The van der Waals surface area contributed by atoms with Crippen LogP contribution in [-0.2, 0) is 0 Å². The molecule has 0 unspecified atom stereocenters. The number of rotatable bonds is 8. The van der Waals surface area contributed by atoms with Crippen LogP contribution in [0.1, 0.15) is 44.0 Å². The van der Waals surface area contributed by atoms with Gasteiger partial charge in [-0.15, -0.1) is 0 Å². The first-order valence-corrected chi connectivity index (χ1v) is 15.4. The number of ether oxygens (including phenoxy) is 1. The minimum absolute atomic E-state index is 0.00106. The van der Waals surface area contributed by atoms with E-state index in [1.807, 2.05) is 47.5 Å². The summed E-state index contributed by atoms with van der Waals surface area (Å²) in [4.78, 5) is 24.3. The highest BCUT2D eigenvalue weighted by molar-refractivity contribution is 6.08. The molecule has 7 nitrogen and oxygen atoms in total. The van der Waals surface area contributed by atoms with Crippen LogP contribution in [0.5, 0.6) is 5.75 Å². The number of anilines is 2. The summed E-state index contributed by atoms with van der Waals surface area (Å²) >= 11 is 0. The number of piperazine rings is 1. The van der Waals surface area contributed by atoms with E-state index in [1.54, 1.807) is 0 Å². The first kappa shape index (κ1) is 28.3. The Morgan fingerprint density at radius 3 is 2.64 bits per heavy atom. The Morgan fingerprint density at radius 1 is 0.976 bits per heavy atom. The molecule has 1 fully saturated rings. The van der Waals surface area contributed by atoms with Crippen molar-refractivity contribution in [1.82, 2.24) is 14.8 Å². The van der Waals surface area contributed by atoms with Crippen molar-refractivity contribution in [3.63, 3.8) is 0 Å². The summed E-state index contributed by atoms with van der Waals surface area (Å²) in [5.74, 6) is 0.758. The van der Waals surface area contributed by atoms with Gasteiger partial charge in [-0.3, -0.25) is 9.69 Å². The molecule has 2 aliphatic rings. The van der Waals surface area contributed by atoms with Crippen molar-refractivity contribution in [2.45, 2.75) is 45.7 Å². The van der Waals surface area contributed by atoms with Gasteiger partial charge < -0.3 is 24.8 Å². The van der Waals surface area contributed by atoms with Gasteiger partial charge >= 0.3 is 0 Å². The fraction of sp³-hybridized carbons (Fsp3) is 0.400. The SMILES string of the molecule is CC(C)N1CCN(CCCOc2cc(C(=O)N3CC[C@H](C)Nc4ccccc43)ccc2-c2ccc3[nH]ccc3c2)CC1. The number of hydrogen-bond acceptors (Lipinski definition) is 5. The van der Waals surface area contributed by atoms with E-state index in [4.69, 9.17) is 4.74 Å². The van der Waals surface area contributed by atoms with Gasteiger partial charge in [-0.05, 0) is 93.1 Å². The Kier molecular flexibility index (Phi) is 8.49. The number of fused-ring (bicyclic) bond motifs is 2. The smallest absolute Gasteiger partial charge is 0.258 e. The van der Waals surface area contributed by atoms with Gasteiger partial charge in [0.25, 0.3) is 5.91 Å². The van der Waals surface area contributed by atoms with Crippen molar-refractivity contribution in [2.24, 2.45) is 0 Å². The number of aromatic amines is 1. The van der Waals surface area contributed by atoms with Crippen LogP contribution in [0.15, 0.2) is 72.9 Å². The van der Waals surface area contributed by atoms with E-state index in [0.717, 1.165) is 84.7 Å². The van der Waals surface area contributed by atoms with Crippen molar-refractivity contribution in [1.29, 1.82) is 0 Å². The number of amides is 1. The van der Waals surface area contributed by atoms with E-state index in [9.17, 15) is 4.79 Å². The minimum atomic E-state index is -0.00106. The Bertz CT molecular complexity index is 1520. The summed E-state index contributed by atoms with van der Waals surface area (Å²) < 4.78 is 6.50. The number of H-pyrrole nitrogens is 1. The van der Waals surface area contributed by atoms with Crippen LogP contribution in [0.4, 0.5) is 11.4 Å². The molecule has 42 heavy (non-hydrogen) atoms. The molecule has 1 saturated heterocycles. The molecule has 3 aromatic carbocycles. The maximum Gasteiger partial charge on any atom is 0.258 e. The maximum atomic E-state index is 14.0. The van der Waals surface area contributed by atoms with Crippen LogP contribution in [0.25, 0.3) is 22.0 Å². The Morgan fingerprint density at radius 2 is 1.81 bits per heavy atom. The lowest BCUT2D eigenvalue weighted by atomic mass is 10.0. The van der Waals surface area contributed by atoms with E-state index in [2.05, 4.69) is 71.2 Å². The van der Waals surface area contributed by atoms with Gasteiger partial charge in [-0.1, -0.05) is 18.2 Å². The van der Waals surface area contributed by atoms with Crippen LogP contribution in [-0.4, -0.2) is 78.7 Å². The molecule has 2 N–H and O–H groups in total. The Balaban J connectivity index is 1.22. The largest absolute Gasteiger partial charge is 0.493 e. The first-order valence-electron chi connectivity index (χ1n) is 15.4. The van der Waals surface area contributed by atoms with Gasteiger partial charge in [0.15, 0.2) is 0 Å². The molecule has 6 rings (SSSR count). The minimum Gasteiger partial charge on any atom is -0.493 e. The second-order valence-electron chi connectivity index (χ2n) is 12.0. The molecule has 7 heteroatoms. The first-order chi connectivity index (χ1) is 20.5. The second-order valence-corrected chi connectivity index (χ2v) is 12.0. The molecule has 0 bridgehead atoms. The van der Waals surface area contributed by atoms with Gasteiger partial charge in [0.1, 0.15) is 5.75 Å². The number of benzene rings is 3. The Hall–Kier alpha value is -3.81. The quantitative estimate of drug-likeness (QED) is 0.240. The van der Waals surface area contributed by atoms with Crippen molar-refractivity contribution >= 4 is 28.2 Å². The van der Waals surface area contributed by atoms with Gasteiger partial charge in [0.05, 0.1) is 18.0 Å². The van der Waals surface area contributed by atoms with Crippen LogP contribution >= 0.6 is 0 Å². The summed E-state index contributed by atoms with van der Waals surface area (Å²) in [7, 11) is 0. The molecule has 4 aromatic rings. The highest BCUT2D eigenvalue weighted by atomic mass is 16.5. The van der Waals surface area contributed by atoms with Crippen molar-refractivity contribution < 1.29 is 9.53 Å². The molecule has 3 heterocycles. The standard InChI is InChI=1S/C35H43N5O2/c1-25(2)39-20-18-38(19-21-39)16-6-22-42-34-24-29(9-11-30(34)27-10-12-31-28(23-27)13-15-36-31)35(41)40-17-14-26(3)37-32-7-4-5-8-33(32)40/h4-5,7-13,15,23-26,36-37H,6,14,16-22H2,1-3H3/t26-/m0/s1. The van der Waals surface area contributed by atoms with E-state index in [0.29, 0.717) is 30.8 Å². The summed E-state index contributed by atoms with van der Waals surface area (Å²) in [5, 5.41) is 4.71. The summed E-state index contributed by atoms with van der Waals surface area (Å²) in [6, 6.07) is 23.4. The second kappa shape index (κ2) is 12.6. The van der Waals surface area contributed by atoms with E-state index < -0.39 is 0 Å². The van der Waals surface area contributed by atoms with Crippen LogP contribution in [0.3, 0.4) is 0 Å². The molecular formula is C35H43N5O2. The number of aromatic nitrogens is 1. The van der Waals surface area contributed by atoms with Gasteiger partial charge in [0.2, 0.25) is 0 Å². The predicted molar refractivity (Wildman–Crippen MR) is 173 cm³/mol. The fourth-order valence-corrected chi connectivity index (χ4v) is 6.19. The Labute approximate surface area is 249 Å².